The smallest absolute Gasteiger partial charge is 0.340 e. The maximum Gasteiger partial charge on any atom is 0.340 e. The van der Waals surface area contributed by atoms with Gasteiger partial charge in [0.25, 0.3) is 5.89 Å². The van der Waals surface area contributed by atoms with Crippen molar-refractivity contribution in [2.45, 2.75) is 52.1 Å². The number of fused-ring (bicyclic) bond motifs is 2. The molecule has 2 aromatic heterocycles. The Kier molecular flexibility index (Phi) is 7.22. The fraction of sp³-hybridized carbons (Fsp3) is 0.333. The van der Waals surface area contributed by atoms with Crippen molar-refractivity contribution in [1.29, 1.82) is 5.26 Å². The van der Waals surface area contributed by atoms with Gasteiger partial charge >= 0.3 is 5.97 Å². The third-order valence-corrected chi connectivity index (χ3v) is 8.46. The van der Waals surface area contributed by atoms with E-state index in [-0.39, 0.29) is 62.9 Å². The highest BCUT2D eigenvalue weighted by Gasteiger charge is 2.42. The number of benzene rings is 2. The lowest BCUT2D eigenvalue weighted by atomic mass is 9.97. The van der Waals surface area contributed by atoms with E-state index in [2.05, 4.69) is 15.2 Å². The second-order valence-corrected chi connectivity index (χ2v) is 11.5. The van der Waals surface area contributed by atoms with Crippen molar-refractivity contribution in [2.24, 2.45) is 11.8 Å². The van der Waals surface area contributed by atoms with Gasteiger partial charge in [-0.1, -0.05) is 29.3 Å². The Morgan fingerprint density at radius 2 is 2.02 bits per heavy atom. The van der Waals surface area contributed by atoms with Crippen LogP contribution < -0.4 is 4.74 Å². The SMILES string of the molecule is Cc1[nH]c(-c2nnc(Cc3ccc(Cl)c(Oc4cc(Cl)cc(C#N)c4)c3F)o2)c(C)c1C(=O)OC1C[C@H]2CC[C@H]1C2. The molecule has 2 saturated carbocycles. The number of nitrogens with one attached hydrogen (secondary N) is 1. The zero-order chi connectivity index (χ0) is 28.8. The van der Waals surface area contributed by atoms with Gasteiger partial charge in [-0.2, -0.15) is 5.26 Å². The van der Waals surface area contributed by atoms with Crippen molar-refractivity contribution >= 4 is 29.2 Å². The number of hydrogen-bond acceptors (Lipinski definition) is 7. The first-order valence-corrected chi connectivity index (χ1v) is 14.0. The van der Waals surface area contributed by atoms with Gasteiger partial charge in [-0.25, -0.2) is 9.18 Å². The van der Waals surface area contributed by atoms with Gasteiger partial charge in [0, 0.05) is 16.3 Å². The summed E-state index contributed by atoms with van der Waals surface area (Å²) in [5, 5.41) is 17.7. The zero-order valence-electron chi connectivity index (χ0n) is 22.3. The molecule has 2 fully saturated rings. The van der Waals surface area contributed by atoms with Crippen LogP contribution >= 0.6 is 23.2 Å². The number of halogens is 3. The number of H-pyrrole nitrogens is 1. The Labute approximate surface area is 245 Å². The van der Waals surface area contributed by atoms with Crippen molar-refractivity contribution < 1.29 is 23.1 Å². The minimum atomic E-state index is -0.715. The van der Waals surface area contributed by atoms with Crippen molar-refractivity contribution in [1.82, 2.24) is 15.2 Å². The Balaban J connectivity index is 1.21. The van der Waals surface area contributed by atoms with Crippen LogP contribution in [0, 0.1) is 42.8 Å². The third kappa shape index (κ3) is 5.30. The second-order valence-electron chi connectivity index (χ2n) is 10.7. The van der Waals surface area contributed by atoms with E-state index in [0.717, 1.165) is 19.3 Å². The minimum Gasteiger partial charge on any atom is -0.458 e. The number of hydrogen-bond donors (Lipinski definition) is 1. The first kappa shape index (κ1) is 27.3. The average molecular weight is 595 g/mol. The van der Waals surface area contributed by atoms with Crippen molar-refractivity contribution in [3.05, 3.63) is 80.0 Å². The molecule has 0 aliphatic heterocycles. The predicted molar refractivity (Wildman–Crippen MR) is 149 cm³/mol. The molecule has 3 atom stereocenters. The summed E-state index contributed by atoms with van der Waals surface area (Å²) in [6, 6.07) is 9.32. The largest absolute Gasteiger partial charge is 0.458 e. The van der Waals surface area contributed by atoms with Crippen LogP contribution in [-0.4, -0.2) is 27.3 Å². The quantitative estimate of drug-likeness (QED) is 0.218. The fourth-order valence-electron chi connectivity index (χ4n) is 5.99. The molecule has 11 heteroatoms. The lowest BCUT2D eigenvalue weighted by Gasteiger charge is -2.22. The highest BCUT2D eigenvalue weighted by atomic mass is 35.5. The van der Waals surface area contributed by atoms with E-state index in [4.69, 9.17) is 37.1 Å². The topological polar surface area (TPSA) is 114 Å². The van der Waals surface area contributed by atoms with Crippen molar-refractivity contribution in [2.75, 3.05) is 0 Å². The number of aryl methyl sites for hydroxylation is 1. The molecule has 2 aliphatic rings. The van der Waals surface area contributed by atoms with E-state index in [0.29, 0.717) is 34.4 Å². The van der Waals surface area contributed by atoms with E-state index in [1.807, 2.05) is 6.07 Å². The third-order valence-electron chi connectivity index (χ3n) is 7.94. The summed E-state index contributed by atoms with van der Waals surface area (Å²) >= 11 is 12.3. The van der Waals surface area contributed by atoms with Crippen LogP contribution in [0.25, 0.3) is 11.6 Å². The number of carbonyl (C=O) groups excluding carboxylic acids is 1. The van der Waals surface area contributed by atoms with Crippen LogP contribution in [-0.2, 0) is 11.2 Å². The molecule has 2 aromatic carbocycles. The van der Waals surface area contributed by atoms with Crippen LogP contribution in [0.4, 0.5) is 4.39 Å². The number of ether oxygens (including phenoxy) is 2. The van der Waals surface area contributed by atoms with E-state index in [9.17, 15) is 10.1 Å². The van der Waals surface area contributed by atoms with Gasteiger partial charge in [-0.3, -0.25) is 0 Å². The summed E-state index contributed by atoms with van der Waals surface area (Å²) in [7, 11) is 0. The predicted octanol–water partition coefficient (Wildman–Crippen LogP) is 7.73. The fourth-order valence-corrected chi connectivity index (χ4v) is 6.40. The molecule has 2 bridgehead atoms. The van der Waals surface area contributed by atoms with Gasteiger partial charge in [0.1, 0.15) is 17.5 Å². The zero-order valence-corrected chi connectivity index (χ0v) is 23.8. The van der Waals surface area contributed by atoms with Crippen LogP contribution in [0.5, 0.6) is 11.5 Å². The molecule has 1 unspecified atom stereocenters. The average Bonchev–Trinajstić information content (AvgIpc) is 3.73. The second kappa shape index (κ2) is 10.8. The lowest BCUT2D eigenvalue weighted by molar-refractivity contribution is 0.0157. The molecule has 6 rings (SSSR count). The van der Waals surface area contributed by atoms with Crippen LogP contribution in [0.2, 0.25) is 10.0 Å². The summed E-state index contributed by atoms with van der Waals surface area (Å²) in [5.74, 6) is 0.336. The van der Waals surface area contributed by atoms with E-state index in [1.54, 1.807) is 13.8 Å². The molecule has 1 N–H and O–H groups in total. The van der Waals surface area contributed by atoms with Gasteiger partial charge in [0.15, 0.2) is 11.6 Å². The molecule has 0 saturated heterocycles. The van der Waals surface area contributed by atoms with Crippen molar-refractivity contribution in [3.63, 3.8) is 0 Å². The standard InChI is InChI=1S/C30H25Cl2FN4O4/c1-14-25(30(38)40-23-10-16-3-4-18(23)7-16)15(2)35-27(14)29-37-36-24(41-29)11-19-5-6-22(32)28(26(19)33)39-21-9-17(13-34)8-20(31)12-21/h5-6,8-9,12,16,18,23,35H,3-4,7,10-11H2,1-2H3/t16-,18-,23?/m0/s1. The molecule has 2 heterocycles. The van der Waals surface area contributed by atoms with Gasteiger partial charge in [-0.15, -0.1) is 10.2 Å². The molecule has 41 heavy (non-hydrogen) atoms. The van der Waals surface area contributed by atoms with E-state index in [1.165, 1.54) is 36.8 Å². The Hall–Kier alpha value is -3.87. The summed E-state index contributed by atoms with van der Waals surface area (Å²) in [4.78, 5) is 16.3. The monoisotopic (exact) mass is 594 g/mol. The Bertz CT molecular complexity index is 1710. The summed E-state index contributed by atoms with van der Waals surface area (Å²) < 4.78 is 32.9. The highest BCUT2D eigenvalue weighted by molar-refractivity contribution is 6.32. The lowest BCUT2D eigenvalue weighted by Crippen LogP contribution is -2.24. The van der Waals surface area contributed by atoms with Gasteiger partial charge in [0.05, 0.1) is 28.6 Å². The number of aromatic nitrogens is 3. The van der Waals surface area contributed by atoms with E-state index < -0.39 is 5.82 Å². The minimum absolute atomic E-state index is 0.0242. The molecule has 0 amide bonds. The normalized spacial score (nSPS) is 19.4. The summed E-state index contributed by atoms with van der Waals surface area (Å²) in [6.45, 7) is 3.60. The first-order chi connectivity index (χ1) is 19.7. The van der Waals surface area contributed by atoms with Gasteiger partial charge < -0.3 is 18.9 Å². The number of aromatic amines is 1. The van der Waals surface area contributed by atoms with Crippen LogP contribution in [0.1, 0.15) is 64.3 Å². The molecular formula is C30H25Cl2FN4O4. The molecule has 4 aromatic rings. The van der Waals surface area contributed by atoms with Crippen LogP contribution in [0.3, 0.4) is 0 Å². The number of nitriles is 1. The maximum atomic E-state index is 15.5. The molecule has 210 valence electrons. The Morgan fingerprint density at radius 1 is 1.20 bits per heavy atom. The highest BCUT2D eigenvalue weighted by Crippen LogP contribution is 2.46. The van der Waals surface area contributed by atoms with Gasteiger partial charge in [-0.05, 0) is 81.2 Å². The number of esters is 1. The summed E-state index contributed by atoms with van der Waals surface area (Å²) in [6.07, 6.45) is 4.36. The number of rotatable bonds is 7. The molecular weight excluding hydrogens is 570 g/mol. The number of nitrogens with zero attached hydrogens (tertiary/aromatic N) is 3. The van der Waals surface area contributed by atoms with Gasteiger partial charge in [0.2, 0.25) is 5.89 Å². The van der Waals surface area contributed by atoms with E-state index >= 15 is 4.39 Å². The first-order valence-electron chi connectivity index (χ1n) is 13.3. The maximum absolute atomic E-state index is 15.5. The molecule has 8 nitrogen and oxygen atoms in total. The van der Waals surface area contributed by atoms with Crippen LogP contribution in [0.15, 0.2) is 34.7 Å². The molecule has 0 spiro atoms. The Morgan fingerprint density at radius 3 is 2.76 bits per heavy atom. The summed E-state index contributed by atoms with van der Waals surface area (Å²) in [5.41, 5.74) is 2.74. The van der Waals surface area contributed by atoms with Crippen molar-refractivity contribution in [3.8, 4) is 29.2 Å². The molecule has 0 radical (unpaired) electrons. The number of carbonyl (C=O) groups is 1. The molecule has 2 aliphatic carbocycles.